The highest BCUT2D eigenvalue weighted by atomic mass is 35.5. The molecular formula is C22H20ClN5O5S2. The molecule has 2 aromatic heterocycles. The van der Waals surface area contributed by atoms with Crippen molar-refractivity contribution < 1.29 is 23.5 Å². The molecule has 0 radical (unpaired) electrons. The van der Waals surface area contributed by atoms with Gasteiger partial charge in [0.1, 0.15) is 16.0 Å². The Morgan fingerprint density at radius 2 is 1.91 bits per heavy atom. The van der Waals surface area contributed by atoms with E-state index >= 15 is 0 Å². The number of hydrogen-bond donors (Lipinski definition) is 4. The first kappa shape index (κ1) is 24.8. The van der Waals surface area contributed by atoms with Crippen LogP contribution in [0.2, 0.25) is 5.02 Å². The Labute approximate surface area is 209 Å². The standard InChI is InChI=1S/C22H20ClN5O5S2/c23-17-10-14(6-7-19(17)29)11-18(22(30)26-31)28-13-16(25-27-28)12-24-35(32,33)21-9-8-20(34-21)15-4-2-1-3-5-15/h1-10,13,18,24,29,31H,11-12H2,(H,26,30)/t18-/m0/s1. The summed E-state index contributed by atoms with van der Waals surface area (Å²) in [5.41, 5.74) is 3.39. The molecule has 0 bridgehead atoms. The van der Waals surface area contributed by atoms with Gasteiger partial charge in [-0.25, -0.2) is 23.3 Å². The highest BCUT2D eigenvalue weighted by Gasteiger charge is 2.24. The Morgan fingerprint density at radius 3 is 2.63 bits per heavy atom. The van der Waals surface area contributed by atoms with E-state index < -0.39 is 22.0 Å². The SMILES string of the molecule is O=C(NO)[C@H](Cc1ccc(O)c(Cl)c1)n1cc(CNS(=O)(=O)c2ccc(-c3ccccc3)s2)nn1. The van der Waals surface area contributed by atoms with Crippen molar-refractivity contribution >= 4 is 38.9 Å². The number of benzene rings is 2. The van der Waals surface area contributed by atoms with Crippen LogP contribution in [0.5, 0.6) is 5.75 Å². The summed E-state index contributed by atoms with van der Waals surface area (Å²) in [6, 6.07) is 16.2. The minimum Gasteiger partial charge on any atom is -0.506 e. The number of nitrogens with zero attached hydrogens (tertiary/aromatic N) is 3. The lowest BCUT2D eigenvalue weighted by Gasteiger charge is -2.15. The van der Waals surface area contributed by atoms with E-state index in [0.717, 1.165) is 21.8 Å². The van der Waals surface area contributed by atoms with Gasteiger partial charge in [-0.1, -0.05) is 53.2 Å². The second kappa shape index (κ2) is 10.5. The van der Waals surface area contributed by atoms with Gasteiger partial charge < -0.3 is 5.11 Å². The number of hydrogen-bond acceptors (Lipinski definition) is 8. The minimum absolute atomic E-state index is 0.0817. The van der Waals surface area contributed by atoms with Gasteiger partial charge >= 0.3 is 0 Å². The van der Waals surface area contributed by atoms with Crippen LogP contribution in [0, 0.1) is 0 Å². The van der Waals surface area contributed by atoms with Crippen molar-refractivity contribution in [1.82, 2.24) is 25.2 Å². The second-order valence-corrected chi connectivity index (χ2v) is 11.0. The number of halogens is 1. The number of thiophene rings is 1. The van der Waals surface area contributed by atoms with Gasteiger partial charge in [0, 0.05) is 11.3 Å². The number of aromatic hydroxyl groups is 1. The predicted octanol–water partition coefficient (Wildman–Crippen LogP) is 3.13. The Kier molecular flexibility index (Phi) is 7.48. The molecule has 182 valence electrons. The van der Waals surface area contributed by atoms with Gasteiger partial charge in [0.25, 0.3) is 5.91 Å². The first-order valence-corrected chi connectivity index (χ1v) is 12.9. The fourth-order valence-electron chi connectivity index (χ4n) is 3.29. The predicted molar refractivity (Wildman–Crippen MR) is 130 cm³/mol. The summed E-state index contributed by atoms with van der Waals surface area (Å²) in [6.45, 7) is -0.153. The number of carbonyl (C=O) groups excluding carboxylic acids is 1. The van der Waals surface area contributed by atoms with E-state index in [0.29, 0.717) is 5.56 Å². The van der Waals surface area contributed by atoms with Crippen molar-refractivity contribution in [3.63, 3.8) is 0 Å². The van der Waals surface area contributed by atoms with Crippen LogP contribution in [0.15, 0.2) is 71.1 Å². The fraction of sp³-hybridized carbons (Fsp3) is 0.136. The molecule has 0 aliphatic carbocycles. The smallest absolute Gasteiger partial charge is 0.268 e. The van der Waals surface area contributed by atoms with Crippen LogP contribution in [0.1, 0.15) is 17.3 Å². The van der Waals surface area contributed by atoms with Crippen molar-refractivity contribution in [2.24, 2.45) is 0 Å². The number of carbonyl (C=O) groups is 1. The highest BCUT2D eigenvalue weighted by Crippen LogP contribution is 2.30. The third-order valence-electron chi connectivity index (χ3n) is 5.08. The first-order chi connectivity index (χ1) is 16.8. The lowest BCUT2D eigenvalue weighted by Crippen LogP contribution is -2.32. The number of sulfonamides is 1. The largest absolute Gasteiger partial charge is 0.506 e. The van der Waals surface area contributed by atoms with Gasteiger partial charge in [-0.15, -0.1) is 16.4 Å². The van der Waals surface area contributed by atoms with E-state index in [1.54, 1.807) is 17.6 Å². The first-order valence-electron chi connectivity index (χ1n) is 10.2. The Bertz CT molecular complexity index is 1440. The van der Waals surface area contributed by atoms with Crippen molar-refractivity contribution in [1.29, 1.82) is 0 Å². The minimum atomic E-state index is -3.80. The topological polar surface area (TPSA) is 146 Å². The van der Waals surface area contributed by atoms with E-state index in [1.807, 2.05) is 30.3 Å². The third-order valence-corrected chi connectivity index (χ3v) is 8.41. The monoisotopic (exact) mass is 533 g/mol. The molecule has 2 heterocycles. The molecule has 13 heteroatoms. The summed E-state index contributed by atoms with van der Waals surface area (Å²) in [5, 5.41) is 26.7. The van der Waals surface area contributed by atoms with Gasteiger partial charge in [0.05, 0.1) is 23.5 Å². The molecule has 0 aliphatic heterocycles. The summed E-state index contributed by atoms with van der Waals surface area (Å²) in [7, 11) is -3.80. The van der Waals surface area contributed by atoms with Gasteiger partial charge in [-0.2, -0.15) is 0 Å². The van der Waals surface area contributed by atoms with Crippen molar-refractivity contribution in [3.05, 3.63) is 83.1 Å². The molecule has 1 atom stereocenters. The maximum absolute atomic E-state index is 12.8. The number of aromatic nitrogens is 3. The number of phenolic OH excluding ortho intramolecular Hbond substituents is 1. The van der Waals surface area contributed by atoms with E-state index in [2.05, 4.69) is 15.0 Å². The zero-order chi connectivity index (χ0) is 25.0. The molecule has 0 saturated carbocycles. The highest BCUT2D eigenvalue weighted by molar-refractivity contribution is 7.91. The number of phenols is 1. The van der Waals surface area contributed by atoms with Gasteiger partial charge in [-0.3, -0.25) is 10.0 Å². The van der Waals surface area contributed by atoms with Gasteiger partial charge in [0.15, 0.2) is 0 Å². The normalized spacial score (nSPS) is 12.4. The molecule has 35 heavy (non-hydrogen) atoms. The zero-order valence-corrected chi connectivity index (χ0v) is 20.4. The van der Waals surface area contributed by atoms with Crippen LogP contribution in [0.4, 0.5) is 0 Å². The Balaban J connectivity index is 1.46. The average molecular weight is 534 g/mol. The summed E-state index contributed by atoms with van der Waals surface area (Å²) in [6.07, 6.45) is 1.49. The summed E-state index contributed by atoms with van der Waals surface area (Å²) >= 11 is 7.08. The molecule has 0 saturated heterocycles. The summed E-state index contributed by atoms with van der Waals surface area (Å²) in [4.78, 5) is 13.1. The lowest BCUT2D eigenvalue weighted by molar-refractivity contribution is -0.133. The number of hydroxylamine groups is 1. The Hall–Kier alpha value is -3.29. The molecule has 0 fully saturated rings. The summed E-state index contributed by atoms with van der Waals surface area (Å²) < 4.78 is 29.4. The lowest BCUT2D eigenvalue weighted by atomic mass is 10.1. The molecule has 4 aromatic rings. The maximum Gasteiger partial charge on any atom is 0.268 e. The van der Waals surface area contributed by atoms with Crippen molar-refractivity contribution in [2.75, 3.05) is 0 Å². The van der Waals surface area contributed by atoms with Crippen LogP contribution < -0.4 is 10.2 Å². The molecular weight excluding hydrogens is 514 g/mol. The van der Waals surface area contributed by atoms with Crippen molar-refractivity contribution in [2.45, 2.75) is 23.2 Å². The van der Waals surface area contributed by atoms with Crippen LogP contribution in [-0.4, -0.2) is 39.6 Å². The van der Waals surface area contributed by atoms with E-state index in [1.165, 1.54) is 29.1 Å². The van der Waals surface area contributed by atoms with Crippen molar-refractivity contribution in [3.8, 4) is 16.2 Å². The fourth-order valence-corrected chi connectivity index (χ4v) is 5.85. The number of rotatable bonds is 9. The molecule has 2 aromatic carbocycles. The van der Waals surface area contributed by atoms with Crippen LogP contribution in [-0.2, 0) is 27.8 Å². The average Bonchev–Trinajstić information content (AvgIpc) is 3.54. The Morgan fingerprint density at radius 1 is 1.14 bits per heavy atom. The van der Waals surface area contributed by atoms with Crippen LogP contribution >= 0.6 is 22.9 Å². The van der Waals surface area contributed by atoms with E-state index in [4.69, 9.17) is 16.8 Å². The van der Waals surface area contributed by atoms with Crippen LogP contribution in [0.25, 0.3) is 10.4 Å². The van der Waals surface area contributed by atoms with E-state index in [-0.39, 0.29) is 33.6 Å². The molecule has 0 spiro atoms. The number of amides is 1. The number of nitrogens with one attached hydrogen (secondary N) is 2. The summed E-state index contributed by atoms with van der Waals surface area (Å²) in [5.74, 6) is -0.853. The quantitative estimate of drug-likeness (QED) is 0.191. The molecule has 1 amide bonds. The maximum atomic E-state index is 12.8. The third kappa shape index (κ3) is 5.86. The van der Waals surface area contributed by atoms with Crippen LogP contribution in [0.3, 0.4) is 0 Å². The second-order valence-electron chi connectivity index (χ2n) is 7.48. The van der Waals surface area contributed by atoms with Gasteiger partial charge in [0.2, 0.25) is 10.0 Å². The molecule has 0 aliphatic rings. The molecule has 4 N–H and O–H groups in total. The zero-order valence-electron chi connectivity index (χ0n) is 18.0. The van der Waals surface area contributed by atoms with Gasteiger partial charge in [-0.05, 0) is 35.4 Å². The molecule has 10 nitrogen and oxygen atoms in total. The molecule has 4 rings (SSSR count). The molecule has 0 unspecified atom stereocenters. The van der Waals surface area contributed by atoms with E-state index in [9.17, 15) is 18.3 Å².